The minimum absolute atomic E-state index is 0.635. The van der Waals surface area contributed by atoms with Crippen molar-refractivity contribution in [3.05, 3.63) is 200 Å². The lowest BCUT2D eigenvalue weighted by molar-refractivity contribution is 1.08. The van der Waals surface area contributed by atoms with Crippen LogP contribution in [0.4, 0.5) is 0 Å². The van der Waals surface area contributed by atoms with E-state index in [2.05, 4.69) is 200 Å². The molecular weight excluding hydrogens is 735 g/mol. The van der Waals surface area contributed by atoms with E-state index >= 15 is 0 Å². The van der Waals surface area contributed by atoms with Gasteiger partial charge in [0.05, 0.1) is 0 Å². The Morgan fingerprint density at radius 1 is 0.288 bits per heavy atom. The summed E-state index contributed by atoms with van der Waals surface area (Å²) in [5.74, 6) is 1.94. The van der Waals surface area contributed by atoms with Crippen LogP contribution in [0.3, 0.4) is 0 Å². The molecule has 0 fully saturated rings. The van der Waals surface area contributed by atoms with Crippen LogP contribution in [0.1, 0.15) is 0 Å². The molecule has 0 aliphatic rings. The Kier molecular flexibility index (Phi) is 7.72. The summed E-state index contributed by atoms with van der Waals surface area (Å²) in [4.78, 5) is 16.1. The Balaban J connectivity index is 1.09. The Hall–Kier alpha value is -7.53. The summed E-state index contributed by atoms with van der Waals surface area (Å²) in [7, 11) is 0. The van der Waals surface area contributed by atoms with Gasteiger partial charge in [-0.05, 0) is 89.6 Å². The quantitative estimate of drug-likeness (QED) is 0.164. The number of benzene rings is 10. The van der Waals surface area contributed by atoms with Gasteiger partial charge in [-0.2, -0.15) is 0 Å². The SMILES string of the molecule is c1ccc2cc(-c3ccc4ccccc4c3-c3nc(-c4ccc(-c5cc6ccccc6c6ccccc56)cc4)nc(-c4cccc5c4sc4ccccc45)n3)ccc2c1. The average molecular weight is 768 g/mol. The zero-order valence-electron chi connectivity index (χ0n) is 31.8. The third kappa shape index (κ3) is 5.60. The van der Waals surface area contributed by atoms with E-state index in [-0.39, 0.29) is 0 Å². The maximum Gasteiger partial charge on any atom is 0.165 e. The molecule has 0 radical (unpaired) electrons. The van der Waals surface area contributed by atoms with E-state index in [0.29, 0.717) is 17.5 Å². The smallest absolute Gasteiger partial charge is 0.165 e. The highest BCUT2D eigenvalue weighted by Gasteiger charge is 2.21. The van der Waals surface area contributed by atoms with Crippen molar-refractivity contribution in [3.8, 4) is 56.4 Å². The maximum absolute atomic E-state index is 5.43. The maximum atomic E-state index is 5.43. The van der Waals surface area contributed by atoms with Crippen LogP contribution in [0.5, 0.6) is 0 Å². The highest BCUT2D eigenvalue weighted by Crippen LogP contribution is 2.42. The summed E-state index contributed by atoms with van der Waals surface area (Å²) in [6.45, 7) is 0. The van der Waals surface area contributed by atoms with Crippen molar-refractivity contribution in [1.82, 2.24) is 15.0 Å². The van der Waals surface area contributed by atoms with Crippen molar-refractivity contribution in [3.63, 3.8) is 0 Å². The molecule has 3 nitrogen and oxygen atoms in total. The van der Waals surface area contributed by atoms with Crippen LogP contribution in [0, 0.1) is 0 Å². The number of hydrogen-bond donors (Lipinski definition) is 0. The van der Waals surface area contributed by atoms with Crippen molar-refractivity contribution < 1.29 is 0 Å². The van der Waals surface area contributed by atoms with Gasteiger partial charge in [0.1, 0.15) is 0 Å². The monoisotopic (exact) mass is 767 g/mol. The Morgan fingerprint density at radius 3 is 1.73 bits per heavy atom. The molecule has 12 rings (SSSR count). The van der Waals surface area contributed by atoms with E-state index in [4.69, 9.17) is 15.0 Å². The minimum Gasteiger partial charge on any atom is -0.208 e. The van der Waals surface area contributed by atoms with E-state index in [1.165, 1.54) is 58.1 Å². The highest BCUT2D eigenvalue weighted by atomic mass is 32.1. The number of thiophene rings is 1. The van der Waals surface area contributed by atoms with Crippen molar-refractivity contribution in [2.45, 2.75) is 0 Å². The fraction of sp³-hybridized carbons (Fsp3) is 0. The fourth-order valence-electron chi connectivity index (χ4n) is 8.86. The number of nitrogens with zero attached hydrogens (tertiary/aromatic N) is 3. The molecule has 0 saturated carbocycles. The number of fused-ring (bicyclic) bond motifs is 8. The zero-order valence-corrected chi connectivity index (χ0v) is 32.6. The molecular formula is C55H33N3S. The van der Waals surface area contributed by atoms with Crippen molar-refractivity contribution in [2.24, 2.45) is 0 Å². The summed E-state index contributed by atoms with van der Waals surface area (Å²) < 4.78 is 2.41. The van der Waals surface area contributed by atoms with Crippen LogP contribution in [-0.4, -0.2) is 15.0 Å². The van der Waals surface area contributed by atoms with Crippen molar-refractivity contribution in [1.29, 1.82) is 0 Å². The summed E-state index contributed by atoms with van der Waals surface area (Å²) in [5, 5.41) is 12.1. The molecule has 0 aliphatic carbocycles. The lowest BCUT2D eigenvalue weighted by Gasteiger charge is -2.16. The Labute approximate surface area is 344 Å². The minimum atomic E-state index is 0.635. The molecule has 0 N–H and O–H groups in total. The molecule has 2 aromatic heterocycles. The predicted octanol–water partition coefficient (Wildman–Crippen LogP) is 15.2. The lowest BCUT2D eigenvalue weighted by atomic mass is 9.92. The molecule has 0 aliphatic heterocycles. The predicted molar refractivity (Wildman–Crippen MR) is 250 cm³/mol. The van der Waals surface area contributed by atoms with Gasteiger partial charge in [0.2, 0.25) is 0 Å². The fourth-order valence-corrected chi connectivity index (χ4v) is 10.1. The summed E-state index contributed by atoms with van der Waals surface area (Å²) in [6, 6.07) is 71.7. The van der Waals surface area contributed by atoms with Crippen LogP contribution in [0.2, 0.25) is 0 Å². The van der Waals surface area contributed by atoms with Gasteiger partial charge in [-0.3, -0.25) is 0 Å². The first-order chi connectivity index (χ1) is 29.2. The third-order valence-corrected chi connectivity index (χ3v) is 12.9. The molecule has 12 aromatic rings. The van der Waals surface area contributed by atoms with Crippen LogP contribution in [-0.2, 0) is 0 Å². The first-order valence-electron chi connectivity index (χ1n) is 19.9. The molecule has 0 amide bonds. The summed E-state index contributed by atoms with van der Waals surface area (Å²) in [6.07, 6.45) is 0. The van der Waals surface area contributed by atoms with Crippen LogP contribution in [0.25, 0.3) is 120 Å². The van der Waals surface area contributed by atoms with Crippen LogP contribution >= 0.6 is 11.3 Å². The largest absolute Gasteiger partial charge is 0.208 e. The van der Waals surface area contributed by atoms with Gasteiger partial charge in [0, 0.05) is 36.9 Å². The van der Waals surface area contributed by atoms with Crippen LogP contribution < -0.4 is 0 Å². The number of aromatic nitrogens is 3. The highest BCUT2D eigenvalue weighted by molar-refractivity contribution is 7.26. The second-order valence-corrected chi connectivity index (χ2v) is 16.2. The van der Waals surface area contributed by atoms with Gasteiger partial charge in [-0.15, -0.1) is 11.3 Å². The molecule has 0 spiro atoms. The van der Waals surface area contributed by atoms with E-state index in [9.17, 15) is 0 Å². The molecule has 10 aromatic carbocycles. The molecule has 59 heavy (non-hydrogen) atoms. The molecule has 4 heteroatoms. The third-order valence-electron chi connectivity index (χ3n) is 11.7. The zero-order chi connectivity index (χ0) is 38.9. The number of rotatable bonds is 5. The van der Waals surface area contributed by atoms with E-state index in [0.717, 1.165) is 44.2 Å². The molecule has 0 bridgehead atoms. The standard InChI is InChI=1S/C55H33N3S/c1-2-14-38-32-40(29-24-34(38)12-1)43-31-30-35-13-3-6-17-42(35)51(43)55-57-53(56-54(58-55)48-22-11-21-47-46-20-9-10-23-50(46)59-52(47)48)37-27-25-36(26-28-37)49-33-39-15-4-5-16-41(39)44-18-7-8-19-45(44)49/h1-33H. The van der Waals surface area contributed by atoms with E-state index in [1.54, 1.807) is 11.3 Å². The molecule has 0 unspecified atom stereocenters. The molecule has 2 heterocycles. The average Bonchev–Trinajstić information content (AvgIpc) is 3.70. The lowest BCUT2D eigenvalue weighted by Crippen LogP contribution is -2.02. The van der Waals surface area contributed by atoms with Gasteiger partial charge in [-0.25, -0.2) is 15.0 Å². The van der Waals surface area contributed by atoms with Crippen molar-refractivity contribution in [2.75, 3.05) is 0 Å². The number of hydrogen-bond acceptors (Lipinski definition) is 4. The summed E-state index contributed by atoms with van der Waals surface area (Å²) >= 11 is 1.79. The topological polar surface area (TPSA) is 38.7 Å². The molecule has 0 saturated heterocycles. The van der Waals surface area contributed by atoms with Gasteiger partial charge in [0.25, 0.3) is 0 Å². The Morgan fingerprint density at radius 2 is 0.881 bits per heavy atom. The molecule has 274 valence electrons. The molecule has 0 atom stereocenters. The van der Waals surface area contributed by atoms with Crippen molar-refractivity contribution >= 4 is 74.6 Å². The van der Waals surface area contributed by atoms with E-state index in [1.807, 2.05) is 0 Å². The first-order valence-corrected chi connectivity index (χ1v) is 20.7. The normalized spacial score (nSPS) is 11.7. The van der Waals surface area contributed by atoms with Gasteiger partial charge >= 0.3 is 0 Å². The second kappa shape index (κ2) is 13.6. The van der Waals surface area contributed by atoms with Gasteiger partial charge in [-0.1, -0.05) is 176 Å². The second-order valence-electron chi connectivity index (χ2n) is 15.1. The van der Waals surface area contributed by atoms with E-state index < -0.39 is 0 Å². The van der Waals surface area contributed by atoms with Gasteiger partial charge in [0.15, 0.2) is 17.5 Å². The van der Waals surface area contributed by atoms with Crippen LogP contribution in [0.15, 0.2) is 200 Å². The summed E-state index contributed by atoms with van der Waals surface area (Å²) in [5.41, 5.74) is 7.47. The van der Waals surface area contributed by atoms with Gasteiger partial charge < -0.3 is 0 Å². The Bertz CT molecular complexity index is 3620. The first kappa shape index (κ1) is 33.6.